The molecule has 0 radical (unpaired) electrons. The molecule has 1 aromatic heterocycles. The Kier molecular flexibility index (Phi) is 4.15. The Labute approximate surface area is 112 Å². The molecule has 6 heteroatoms. The molecule has 1 aromatic rings. The molecule has 2 fully saturated rings. The molecule has 2 aliphatic rings. The van der Waals surface area contributed by atoms with E-state index >= 15 is 0 Å². The fraction of sp³-hybridized carbons (Fsp3) is 0.917. The van der Waals surface area contributed by atoms with Crippen LogP contribution < -0.4 is 5.32 Å². The van der Waals surface area contributed by atoms with Crippen LogP contribution in [0.25, 0.3) is 0 Å². The summed E-state index contributed by atoms with van der Waals surface area (Å²) in [5, 5.41) is 16.8. The zero-order valence-corrected chi connectivity index (χ0v) is 11.5. The van der Waals surface area contributed by atoms with Gasteiger partial charge in [0, 0.05) is 11.8 Å². The smallest absolute Gasteiger partial charge is 0.209 e. The molecule has 1 unspecified atom stereocenters. The average molecular weight is 267 g/mol. The molecule has 5 nitrogen and oxygen atoms in total. The number of aromatic nitrogens is 4. The van der Waals surface area contributed by atoms with E-state index in [9.17, 15) is 0 Å². The van der Waals surface area contributed by atoms with Crippen LogP contribution >= 0.6 is 11.8 Å². The first-order valence-electron chi connectivity index (χ1n) is 7.07. The van der Waals surface area contributed by atoms with Crippen molar-refractivity contribution in [1.82, 2.24) is 25.5 Å². The van der Waals surface area contributed by atoms with Crippen molar-refractivity contribution in [1.29, 1.82) is 0 Å². The van der Waals surface area contributed by atoms with Gasteiger partial charge < -0.3 is 5.32 Å². The molecule has 18 heavy (non-hydrogen) atoms. The van der Waals surface area contributed by atoms with E-state index < -0.39 is 0 Å². The van der Waals surface area contributed by atoms with E-state index in [0.29, 0.717) is 12.1 Å². The maximum atomic E-state index is 4.18. The Bertz CT molecular complexity index is 368. The monoisotopic (exact) mass is 267 g/mol. The standard InChI is InChI=1S/C12H21N5S/c1-2-7-11(6-1)17-12(14-15-16-17)18-9-10-5-3-4-8-13-10/h10-11,13H,1-9H2. The Morgan fingerprint density at radius 2 is 2.00 bits per heavy atom. The molecule has 1 atom stereocenters. The van der Waals surface area contributed by atoms with Gasteiger partial charge in [0.25, 0.3) is 0 Å². The lowest BCUT2D eigenvalue weighted by molar-refractivity contribution is 0.418. The number of nitrogens with one attached hydrogen (secondary N) is 1. The minimum atomic E-state index is 0.543. The van der Waals surface area contributed by atoms with Gasteiger partial charge in [-0.25, -0.2) is 4.68 Å². The molecule has 1 aliphatic heterocycles. The molecule has 1 saturated carbocycles. The predicted molar refractivity (Wildman–Crippen MR) is 71.7 cm³/mol. The minimum absolute atomic E-state index is 0.543. The molecule has 2 heterocycles. The lowest BCUT2D eigenvalue weighted by Gasteiger charge is -2.22. The first-order valence-corrected chi connectivity index (χ1v) is 8.06. The van der Waals surface area contributed by atoms with Crippen molar-refractivity contribution >= 4 is 11.8 Å². The van der Waals surface area contributed by atoms with Crippen LogP contribution in [0.1, 0.15) is 51.0 Å². The topological polar surface area (TPSA) is 55.6 Å². The Morgan fingerprint density at radius 3 is 2.78 bits per heavy atom. The van der Waals surface area contributed by atoms with Gasteiger partial charge in [-0.1, -0.05) is 31.0 Å². The summed E-state index contributed by atoms with van der Waals surface area (Å²) in [7, 11) is 0. The fourth-order valence-corrected chi connectivity index (χ4v) is 3.95. The quantitative estimate of drug-likeness (QED) is 0.846. The summed E-state index contributed by atoms with van der Waals surface area (Å²) in [6.07, 6.45) is 9.07. The second-order valence-corrected chi connectivity index (χ2v) is 6.29. The first kappa shape index (κ1) is 12.4. The molecule has 0 spiro atoms. The number of hydrogen-bond acceptors (Lipinski definition) is 5. The Morgan fingerprint density at radius 1 is 1.17 bits per heavy atom. The van der Waals surface area contributed by atoms with Crippen molar-refractivity contribution in [3.63, 3.8) is 0 Å². The number of rotatable bonds is 4. The number of tetrazole rings is 1. The van der Waals surface area contributed by atoms with E-state index in [1.165, 1.54) is 51.5 Å². The zero-order chi connectivity index (χ0) is 12.2. The van der Waals surface area contributed by atoms with Crippen LogP contribution in [-0.2, 0) is 0 Å². The normalized spacial score (nSPS) is 25.7. The average Bonchev–Trinajstić information content (AvgIpc) is 3.08. The molecule has 3 rings (SSSR count). The molecule has 0 amide bonds. The second kappa shape index (κ2) is 6.02. The van der Waals surface area contributed by atoms with Crippen molar-refractivity contribution < 1.29 is 0 Å². The third-order valence-corrected chi connectivity index (χ3v) is 5.06. The summed E-state index contributed by atoms with van der Waals surface area (Å²) in [6.45, 7) is 1.17. The summed E-state index contributed by atoms with van der Waals surface area (Å²) in [4.78, 5) is 0. The number of nitrogens with zero attached hydrogens (tertiary/aromatic N) is 4. The SMILES string of the molecule is C1CCC(CSc2nnnn2C2CCCC2)NC1. The molecule has 0 aromatic carbocycles. The van der Waals surface area contributed by atoms with E-state index in [1.807, 2.05) is 11.8 Å². The van der Waals surface area contributed by atoms with Crippen molar-refractivity contribution in [3.8, 4) is 0 Å². The van der Waals surface area contributed by atoms with E-state index in [2.05, 4.69) is 25.5 Å². The molecular formula is C12H21N5S. The summed E-state index contributed by atoms with van der Waals surface area (Å²) in [5.74, 6) is 1.09. The highest BCUT2D eigenvalue weighted by Gasteiger charge is 2.22. The molecule has 100 valence electrons. The van der Waals surface area contributed by atoms with Crippen LogP contribution in [0.15, 0.2) is 5.16 Å². The third kappa shape index (κ3) is 2.85. The number of thioether (sulfide) groups is 1. The number of piperidine rings is 1. The minimum Gasteiger partial charge on any atom is -0.313 e. The fourth-order valence-electron chi connectivity index (χ4n) is 2.90. The van der Waals surface area contributed by atoms with Gasteiger partial charge in [-0.3, -0.25) is 0 Å². The second-order valence-electron chi connectivity index (χ2n) is 5.30. The zero-order valence-electron chi connectivity index (χ0n) is 10.7. The van der Waals surface area contributed by atoms with E-state index in [1.54, 1.807) is 0 Å². The first-order chi connectivity index (χ1) is 8.93. The van der Waals surface area contributed by atoms with Crippen LogP contribution in [0.4, 0.5) is 0 Å². The highest BCUT2D eigenvalue weighted by atomic mass is 32.2. The van der Waals surface area contributed by atoms with Gasteiger partial charge >= 0.3 is 0 Å². The van der Waals surface area contributed by atoms with Gasteiger partial charge in [0.05, 0.1) is 6.04 Å². The lowest BCUT2D eigenvalue weighted by atomic mass is 10.1. The van der Waals surface area contributed by atoms with Gasteiger partial charge in [-0.15, -0.1) is 5.10 Å². The van der Waals surface area contributed by atoms with Gasteiger partial charge in [0.1, 0.15) is 0 Å². The summed E-state index contributed by atoms with van der Waals surface area (Å²) >= 11 is 1.81. The molecule has 0 bridgehead atoms. The Balaban J connectivity index is 1.56. The van der Waals surface area contributed by atoms with E-state index in [4.69, 9.17) is 0 Å². The molecule has 1 N–H and O–H groups in total. The van der Waals surface area contributed by atoms with Crippen LogP contribution in [-0.4, -0.2) is 38.5 Å². The van der Waals surface area contributed by atoms with E-state index in [0.717, 1.165) is 10.9 Å². The van der Waals surface area contributed by atoms with Gasteiger partial charge in [-0.05, 0) is 42.7 Å². The van der Waals surface area contributed by atoms with Crippen LogP contribution in [0.3, 0.4) is 0 Å². The highest BCUT2D eigenvalue weighted by molar-refractivity contribution is 7.99. The van der Waals surface area contributed by atoms with Crippen LogP contribution in [0.5, 0.6) is 0 Å². The summed E-state index contributed by atoms with van der Waals surface area (Å²) in [5.41, 5.74) is 0. The lowest BCUT2D eigenvalue weighted by Crippen LogP contribution is -2.35. The van der Waals surface area contributed by atoms with Crippen molar-refractivity contribution in [2.24, 2.45) is 0 Å². The van der Waals surface area contributed by atoms with Crippen LogP contribution in [0.2, 0.25) is 0 Å². The molecule has 1 saturated heterocycles. The summed E-state index contributed by atoms with van der Waals surface area (Å²) in [6, 6.07) is 1.18. The highest BCUT2D eigenvalue weighted by Crippen LogP contribution is 2.31. The number of hydrogen-bond donors (Lipinski definition) is 1. The maximum absolute atomic E-state index is 4.18. The van der Waals surface area contributed by atoms with Crippen LogP contribution in [0, 0.1) is 0 Å². The van der Waals surface area contributed by atoms with Crippen molar-refractivity contribution in [2.45, 2.75) is 62.2 Å². The van der Waals surface area contributed by atoms with Crippen molar-refractivity contribution in [3.05, 3.63) is 0 Å². The Hall–Kier alpha value is -0.620. The van der Waals surface area contributed by atoms with Crippen molar-refractivity contribution in [2.75, 3.05) is 12.3 Å². The van der Waals surface area contributed by atoms with Gasteiger partial charge in [-0.2, -0.15) is 0 Å². The van der Waals surface area contributed by atoms with E-state index in [-0.39, 0.29) is 0 Å². The maximum Gasteiger partial charge on any atom is 0.209 e. The summed E-state index contributed by atoms with van der Waals surface area (Å²) < 4.78 is 2.06. The third-order valence-electron chi connectivity index (χ3n) is 3.96. The predicted octanol–water partition coefficient (Wildman–Crippen LogP) is 2.02. The molecule has 1 aliphatic carbocycles. The van der Waals surface area contributed by atoms with Gasteiger partial charge in [0.15, 0.2) is 0 Å². The van der Waals surface area contributed by atoms with Gasteiger partial charge in [0.2, 0.25) is 5.16 Å². The molecular weight excluding hydrogens is 246 g/mol. The largest absolute Gasteiger partial charge is 0.313 e.